The minimum absolute atomic E-state index is 0.118. The van der Waals surface area contributed by atoms with Crippen molar-refractivity contribution in [1.82, 2.24) is 5.32 Å². The number of hydrogen-bond acceptors (Lipinski definition) is 4. The van der Waals surface area contributed by atoms with Gasteiger partial charge in [-0.2, -0.15) is 0 Å². The SMILES string of the molecule is C[C@@H](NC(=O)c1ccccc1)C(=O)OCC(=O)c1ccc(F)c(F)c1. The second kappa shape index (κ2) is 8.14. The number of amides is 1. The number of Topliss-reactive ketones (excluding diaryl/α,β-unsaturated/α-hetero) is 1. The maximum atomic E-state index is 13.1. The first-order valence-corrected chi connectivity index (χ1v) is 7.39. The van der Waals surface area contributed by atoms with Gasteiger partial charge in [-0.05, 0) is 37.3 Å². The first-order chi connectivity index (χ1) is 11.9. The molecule has 2 rings (SSSR count). The summed E-state index contributed by atoms with van der Waals surface area (Å²) >= 11 is 0. The van der Waals surface area contributed by atoms with Crippen LogP contribution in [-0.2, 0) is 9.53 Å². The van der Waals surface area contributed by atoms with E-state index in [0.717, 1.165) is 18.2 Å². The number of hydrogen-bond donors (Lipinski definition) is 1. The van der Waals surface area contributed by atoms with Gasteiger partial charge in [-0.1, -0.05) is 18.2 Å². The van der Waals surface area contributed by atoms with Crippen molar-refractivity contribution in [3.05, 3.63) is 71.3 Å². The number of ether oxygens (including phenoxy) is 1. The molecule has 2 aromatic carbocycles. The third kappa shape index (κ3) is 4.94. The van der Waals surface area contributed by atoms with Gasteiger partial charge in [0.05, 0.1) is 0 Å². The van der Waals surface area contributed by atoms with Crippen molar-refractivity contribution in [2.75, 3.05) is 6.61 Å². The fourth-order valence-electron chi connectivity index (χ4n) is 1.94. The second-order valence-electron chi connectivity index (χ2n) is 5.22. The molecule has 0 saturated heterocycles. The van der Waals surface area contributed by atoms with E-state index < -0.39 is 41.9 Å². The Bertz CT molecular complexity index is 793. The number of ketones is 1. The van der Waals surface area contributed by atoms with Gasteiger partial charge in [-0.25, -0.2) is 13.6 Å². The normalized spacial score (nSPS) is 11.5. The third-order valence-electron chi connectivity index (χ3n) is 3.32. The van der Waals surface area contributed by atoms with Gasteiger partial charge in [-0.15, -0.1) is 0 Å². The molecule has 0 aliphatic heterocycles. The Morgan fingerprint density at radius 2 is 1.68 bits per heavy atom. The molecule has 1 N–H and O–H groups in total. The van der Waals surface area contributed by atoms with E-state index in [0.29, 0.717) is 5.56 Å². The van der Waals surface area contributed by atoms with Crippen LogP contribution in [0.5, 0.6) is 0 Å². The van der Waals surface area contributed by atoms with Crippen LogP contribution in [0.4, 0.5) is 8.78 Å². The van der Waals surface area contributed by atoms with Crippen LogP contribution in [0.2, 0.25) is 0 Å². The monoisotopic (exact) mass is 347 g/mol. The van der Waals surface area contributed by atoms with Gasteiger partial charge in [0.1, 0.15) is 6.04 Å². The summed E-state index contributed by atoms with van der Waals surface area (Å²) in [5.41, 5.74) is 0.257. The summed E-state index contributed by atoms with van der Waals surface area (Å²) in [6.45, 7) is 0.765. The maximum absolute atomic E-state index is 13.1. The first kappa shape index (κ1) is 18.3. The zero-order chi connectivity index (χ0) is 18.4. The molecule has 0 fully saturated rings. The number of benzene rings is 2. The molecule has 0 aromatic heterocycles. The zero-order valence-electron chi connectivity index (χ0n) is 13.3. The van der Waals surface area contributed by atoms with Crippen LogP contribution in [0.25, 0.3) is 0 Å². The summed E-state index contributed by atoms with van der Waals surface area (Å²) in [6.07, 6.45) is 0. The van der Waals surface area contributed by atoms with E-state index >= 15 is 0 Å². The molecule has 1 atom stereocenters. The number of carbonyl (C=O) groups excluding carboxylic acids is 3. The fraction of sp³-hybridized carbons (Fsp3) is 0.167. The van der Waals surface area contributed by atoms with Crippen molar-refractivity contribution >= 4 is 17.7 Å². The quantitative estimate of drug-likeness (QED) is 0.644. The number of carbonyl (C=O) groups is 3. The summed E-state index contributed by atoms with van der Waals surface area (Å²) in [6, 6.07) is 9.93. The van der Waals surface area contributed by atoms with Crippen molar-refractivity contribution in [3.63, 3.8) is 0 Å². The molecule has 0 radical (unpaired) electrons. The molecule has 0 heterocycles. The molecular formula is C18H15F2NO4. The second-order valence-corrected chi connectivity index (χ2v) is 5.22. The average Bonchev–Trinajstić information content (AvgIpc) is 2.62. The lowest BCUT2D eigenvalue weighted by atomic mass is 10.1. The maximum Gasteiger partial charge on any atom is 0.328 e. The van der Waals surface area contributed by atoms with Gasteiger partial charge < -0.3 is 10.1 Å². The highest BCUT2D eigenvalue weighted by molar-refractivity contribution is 5.99. The predicted molar refractivity (Wildman–Crippen MR) is 85.0 cm³/mol. The predicted octanol–water partition coefficient (Wildman–Crippen LogP) is 2.51. The highest BCUT2D eigenvalue weighted by Crippen LogP contribution is 2.09. The molecule has 0 saturated carbocycles. The standard InChI is InChI=1S/C18H15F2NO4/c1-11(21-17(23)12-5-3-2-4-6-12)18(24)25-10-16(22)13-7-8-14(19)15(20)9-13/h2-9,11H,10H2,1H3,(H,21,23)/t11-/m1/s1. The Hall–Kier alpha value is -3.09. The zero-order valence-corrected chi connectivity index (χ0v) is 13.3. The summed E-state index contributed by atoms with van der Waals surface area (Å²) in [5, 5.41) is 2.44. The van der Waals surface area contributed by atoms with E-state index in [1.807, 2.05) is 0 Å². The van der Waals surface area contributed by atoms with Crippen molar-refractivity contribution in [2.45, 2.75) is 13.0 Å². The van der Waals surface area contributed by atoms with E-state index in [-0.39, 0.29) is 5.56 Å². The average molecular weight is 347 g/mol. The van der Waals surface area contributed by atoms with Gasteiger partial charge in [0.2, 0.25) is 0 Å². The lowest BCUT2D eigenvalue weighted by Crippen LogP contribution is -2.40. The van der Waals surface area contributed by atoms with Crippen molar-refractivity contribution < 1.29 is 27.9 Å². The molecule has 0 bridgehead atoms. The van der Waals surface area contributed by atoms with Crippen LogP contribution in [0.3, 0.4) is 0 Å². The molecular weight excluding hydrogens is 332 g/mol. The van der Waals surface area contributed by atoms with Gasteiger partial charge in [0.25, 0.3) is 5.91 Å². The van der Waals surface area contributed by atoms with E-state index in [2.05, 4.69) is 5.32 Å². The van der Waals surface area contributed by atoms with E-state index in [1.54, 1.807) is 30.3 Å². The highest BCUT2D eigenvalue weighted by atomic mass is 19.2. The van der Waals surface area contributed by atoms with E-state index in [9.17, 15) is 23.2 Å². The molecule has 0 spiro atoms. The Kier molecular flexibility index (Phi) is 5.94. The summed E-state index contributed by atoms with van der Waals surface area (Å²) in [5.74, 6) is -4.21. The smallest absolute Gasteiger partial charge is 0.328 e. The third-order valence-corrected chi connectivity index (χ3v) is 3.32. The van der Waals surface area contributed by atoms with Crippen LogP contribution in [0, 0.1) is 11.6 Å². The minimum Gasteiger partial charge on any atom is -0.456 e. The topological polar surface area (TPSA) is 72.5 Å². The van der Waals surface area contributed by atoms with Gasteiger partial charge in [0.15, 0.2) is 24.0 Å². The first-order valence-electron chi connectivity index (χ1n) is 7.39. The molecule has 2 aromatic rings. The van der Waals surface area contributed by atoms with Crippen molar-refractivity contribution in [3.8, 4) is 0 Å². The Morgan fingerprint density at radius 3 is 2.32 bits per heavy atom. The van der Waals surface area contributed by atoms with Crippen molar-refractivity contribution in [1.29, 1.82) is 0 Å². The molecule has 7 heteroatoms. The fourth-order valence-corrected chi connectivity index (χ4v) is 1.94. The van der Waals surface area contributed by atoms with Gasteiger partial charge in [0, 0.05) is 11.1 Å². The van der Waals surface area contributed by atoms with E-state index in [1.165, 1.54) is 6.92 Å². The molecule has 25 heavy (non-hydrogen) atoms. The molecule has 0 unspecified atom stereocenters. The number of esters is 1. The van der Waals surface area contributed by atoms with Crippen LogP contribution in [0.1, 0.15) is 27.6 Å². The Morgan fingerprint density at radius 1 is 1.00 bits per heavy atom. The molecule has 5 nitrogen and oxygen atoms in total. The lowest BCUT2D eigenvalue weighted by Gasteiger charge is -2.13. The summed E-state index contributed by atoms with van der Waals surface area (Å²) in [7, 11) is 0. The van der Waals surface area contributed by atoms with Crippen LogP contribution in [0.15, 0.2) is 48.5 Å². The van der Waals surface area contributed by atoms with Crippen LogP contribution < -0.4 is 5.32 Å². The molecule has 0 aliphatic carbocycles. The largest absolute Gasteiger partial charge is 0.456 e. The van der Waals surface area contributed by atoms with Crippen LogP contribution >= 0.6 is 0 Å². The van der Waals surface area contributed by atoms with E-state index in [4.69, 9.17) is 4.74 Å². The van der Waals surface area contributed by atoms with Crippen LogP contribution in [-0.4, -0.2) is 30.3 Å². The lowest BCUT2D eigenvalue weighted by molar-refractivity contribution is -0.144. The molecule has 1 amide bonds. The van der Waals surface area contributed by atoms with Crippen molar-refractivity contribution in [2.24, 2.45) is 0 Å². The number of halogens is 2. The number of rotatable bonds is 6. The van der Waals surface area contributed by atoms with Gasteiger partial charge >= 0.3 is 5.97 Å². The molecule has 0 aliphatic rings. The summed E-state index contributed by atoms with van der Waals surface area (Å²) in [4.78, 5) is 35.6. The summed E-state index contributed by atoms with van der Waals surface area (Å²) < 4.78 is 30.7. The Labute approximate surface area is 142 Å². The molecule has 130 valence electrons. The number of nitrogens with one attached hydrogen (secondary N) is 1. The Balaban J connectivity index is 1.87. The minimum atomic E-state index is -1.17. The van der Waals surface area contributed by atoms with Gasteiger partial charge in [-0.3, -0.25) is 9.59 Å². The highest BCUT2D eigenvalue weighted by Gasteiger charge is 2.19.